The lowest BCUT2D eigenvalue weighted by molar-refractivity contribution is -0.148. The van der Waals surface area contributed by atoms with Crippen LogP contribution in [-0.2, 0) is 23.8 Å². The van der Waals surface area contributed by atoms with Crippen molar-refractivity contribution < 1.29 is 23.8 Å². The lowest BCUT2D eigenvalue weighted by Gasteiger charge is -2.25. The van der Waals surface area contributed by atoms with Gasteiger partial charge in [-0.05, 0) is 12.8 Å². The van der Waals surface area contributed by atoms with E-state index >= 15 is 0 Å². The largest absolute Gasteiger partial charge is 0.469 e. The lowest BCUT2D eigenvalue weighted by Crippen LogP contribution is -2.37. The number of aldehydes is 1. The van der Waals surface area contributed by atoms with Gasteiger partial charge in [-0.3, -0.25) is 9.69 Å². The summed E-state index contributed by atoms with van der Waals surface area (Å²) in [6.45, 7) is 5.43. The molecule has 0 radical (unpaired) electrons. The van der Waals surface area contributed by atoms with Crippen LogP contribution in [0.4, 0.5) is 0 Å². The molecule has 2 aliphatic heterocycles. The van der Waals surface area contributed by atoms with E-state index in [-0.39, 0.29) is 17.8 Å². The highest BCUT2D eigenvalue weighted by atomic mass is 16.7. The van der Waals surface area contributed by atoms with Gasteiger partial charge in [-0.1, -0.05) is 6.92 Å². The van der Waals surface area contributed by atoms with Gasteiger partial charge in [-0.25, -0.2) is 0 Å². The number of ether oxygens (including phenoxy) is 3. The van der Waals surface area contributed by atoms with Gasteiger partial charge in [0.05, 0.1) is 32.8 Å². The van der Waals surface area contributed by atoms with Gasteiger partial charge in [0, 0.05) is 25.4 Å². The van der Waals surface area contributed by atoms with Crippen molar-refractivity contribution in [3.63, 3.8) is 0 Å². The van der Waals surface area contributed by atoms with Crippen LogP contribution in [0.15, 0.2) is 0 Å². The summed E-state index contributed by atoms with van der Waals surface area (Å²) in [5.41, 5.74) is 0. The maximum Gasteiger partial charge on any atom is 0.308 e. The molecule has 0 aromatic heterocycles. The summed E-state index contributed by atoms with van der Waals surface area (Å²) in [4.78, 5) is 25.2. The Labute approximate surface area is 125 Å². The fourth-order valence-electron chi connectivity index (χ4n) is 3.18. The van der Waals surface area contributed by atoms with Crippen LogP contribution in [0.1, 0.15) is 26.2 Å². The number of hydrogen-bond donors (Lipinski definition) is 0. The second-order valence-electron chi connectivity index (χ2n) is 5.85. The summed E-state index contributed by atoms with van der Waals surface area (Å²) in [7, 11) is 1.39. The summed E-state index contributed by atoms with van der Waals surface area (Å²) in [6.07, 6.45) is 3.02. The first-order valence-electron chi connectivity index (χ1n) is 7.66. The molecule has 2 saturated heterocycles. The van der Waals surface area contributed by atoms with Crippen LogP contribution in [0.3, 0.4) is 0 Å². The molecule has 21 heavy (non-hydrogen) atoms. The first-order chi connectivity index (χ1) is 10.1. The molecule has 6 heteroatoms. The monoisotopic (exact) mass is 299 g/mol. The van der Waals surface area contributed by atoms with E-state index in [9.17, 15) is 9.59 Å². The van der Waals surface area contributed by atoms with Crippen LogP contribution in [-0.4, -0.2) is 62.9 Å². The average Bonchev–Trinajstić information content (AvgIpc) is 3.13. The molecule has 6 nitrogen and oxygen atoms in total. The summed E-state index contributed by atoms with van der Waals surface area (Å²) in [5, 5.41) is 0. The minimum atomic E-state index is -0.458. The third-order valence-corrected chi connectivity index (χ3v) is 4.39. The van der Waals surface area contributed by atoms with Gasteiger partial charge in [-0.2, -0.15) is 0 Å². The highest BCUT2D eigenvalue weighted by molar-refractivity contribution is 5.72. The van der Waals surface area contributed by atoms with Crippen molar-refractivity contribution in [1.82, 2.24) is 4.90 Å². The predicted octanol–water partition coefficient (Wildman–Crippen LogP) is 0.840. The molecule has 2 aliphatic rings. The van der Waals surface area contributed by atoms with Crippen molar-refractivity contribution in [2.24, 2.45) is 11.8 Å². The van der Waals surface area contributed by atoms with Crippen LogP contribution in [0.2, 0.25) is 0 Å². The molecule has 2 fully saturated rings. The Morgan fingerprint density at radius 2 is 2.14 bits per heavy atom. The molecular weight excluding hydrogens is 274 g/mol. The first-order valence-corrected chi connectivity index (χ1v) is 7.66. The quantitative estimate of drug-likeness (QED) is 0.513. The van der Waals surface area contributed by atoms with Crippen molar-refractivity contribution in [2.75, 3.05) is 40.0 Å². The Balaban J connectivity index is 1.85. The van der Waals surface area contributed by atoms with E-state index < -0.39 is 5.79 Å². The number of carbonyl (C=O) groups excluding carboxylic acids is 2. The molecule has 0 N–H and O–H groups in total. The van der Waals surface area contributed by atoms with Gasteiger partial charge in [0.15, 0.2) is 5.79 Å². The zero-order chi connectivity index (χ0) is 15.3. The number of methoxy groups -OCH3 is 1. The number of rotatable bonds is 7. The minimum absolute atomic E-state index is 0.161. The molecule has 0 aromatic rings. The molecule has 2 atom stereocenters. The second kappa shape index (κ2) is 7.33. The molecule has 0 amide bonds. The second-order valence-corrected chi connectivity index (χ2v) is 5.85. The van der Waals surface area contributed by atoms with Crippen LogP contribution in [0.5, 0.6) is 0 Å². The van der Waals surface area contributed by atoms with Crippen molar-refractivity contribution in [3.8, 4) is 0 Å². The van der Waals surface area contributed by atoms with E-state index in [1.807, 2.05) is 6.92 Å². The maximum absolute atomic E-state index is 11.6. The molecule has 120 valence electrons. The Kier molecular flexibility index (Phi) is 5.72. The van der Waals surface area contributed by atoms with Gasteiger partial charge in [0.25, 0.3) is 0 Å². The zero-order valence-corrected chi connectivity index (χ0v) is 12.9. The van der Waals surface area contributed by atoms with Crippen molar-refractivity contribution in [2.45, 2.75) is 32.0 Å². The molecule has 2 unspecified atom stereocenters. The van der Waals surface area contributed by atoms with E-state index in [0.29, 0.717) is 39.1 Å². The molecule has 0 saturated carbocycles. The van der Waals surface area contributed by atoms with E-state index in [1.54, 1.807) is 0 Å². The summed E-state index contributed by atoms with van der Waals surface area (Å²) >= 11 is 0. The molecule has 2 heterocycles. The number of esters is 1. The zero-order valence-electron chi connectivity index (χ0n) is 12.9. The summed E-state index contributed by atoms with van der Waals surface area (Å²) in [6, 6.07) is 0. The van der Waals surface area contributed by atoms with Crippen molar-refractivity contribution in [3.05, 3.63) is 0 Å². The third kappa shape index (κ3) is 4.02. The predicted molar refractivity (Wildman–Crippen MR) is 75.7 cm³/mol. The van der Waals surface area contributed by atoms with E-state index in [0.717, 1.165) is 19.3 Å². The minimum Gasteiger partial charge on any atom is -0.469 e. The normalized spacial score (nSPS) is 24.1. The van der Waals surface area contributed by atoms with Gasteiger partial charge in [0.1, 0.15) is 6.29 Å². The number of carbonyl (C=O) groups is 2. The third-order valence-electron chi connectivity index (χ3n) is 4.39. The Hall–Kier alpha value is -0.980. The number of nitrogens with zero attached hydrogens (tertiary/aromatic N) is 1. The Morgan fingerprint density at radius 1 is 1.43 bits per heavy atom. The molecule has 0 aromatic carbocycles. The van der Waals surface area contributed by atoms with Gasteiger partial charge in [-0.15, -0.1) is 0 Å². The highest BCUT2D eigenvalue weighted by Crippen LogP contribution is 2.31. The molecule has 1 spiro atoms. The topological polar surface area (TPSA) is 65.1 Å². The van der Waals surface area contributed by atoms with Gasteiger partial charge >= 0.3 is 5.97 Å². The first kappa shape index (κ1) is 16.4. The lowest BCUT2D eigenvalue weighted by atomic mass is 9.93. The molecule has 2 rings (SSSR count). The van der Waals surface area contributed by atoms with Crippen LogP contribution < -0.4 is 0 Å². The molecular formula is C15H25NO5. The van der Waals surface area contributed by atoms with Crippen LogP contribution in [0, 0.1) is 11.8 Å². The smallest absolute Gasteiger partial charge is 0.308 e. The maximum atomic E-state index is 11.6. The Morgan fingerprint density at radius 3 is 2.71 bits per heavy atom. The van der Waals surface area contributed by atoms with E-state index in [4.69, 9.17) is 14.2 Å². The Bertz CT molecular complexity index is 367. The fraction of sp³-hybridized carbons (Fsp3) is 0.867. The van der Waals surface area contributed by atoms with Crippen molar-refractivity contribution in [1.29, 1.82) is 0 Å². The standard InChI is InChI=1S/C15H25NO5/c1-3-13(14(18)19-2)8-12(10-17)9-16-5-4-15(11-16)20-6-7-21-15/h10,12-13H,3-9,11H2,1-2H3. The summed E-state index contributed by atoms with van der Waals surface area (Å²) in [5.74, 6) is -1.06. The van der Waals surface area contributed by atoms with Gasteiger partial charge < -0.3 is 19.0 Å². The SMILES string of the molecule is CCC(CC(C=O)CN1CCC2(C1)OCCO2)C(=O)OC. The van der Waals surface area contributed by atoms with E-state index in [2.05, 4.69) is 4.90 Å². The molecule has 0 aliphatic carbocycles. The number of likely N-dealkylation sites (tertiary alicyclic amines) is 1. The molecule has 0 bridgehead atoms. The van der Waals surface area contributed by atoms with E-state index in [1.165, 1.54) is 7.11 Å². The average molecular weight is 299 g/mol. The van der Waals surface area contributed by atoms with Crippen LogP contribution in [0.25, 0.3) is 0 Å². The fourth-order valence-corrected chi connectivity index (χ4v) is 3.18. The summed E-state index contributed by atoms with van der Waals surface area (Å²) < 4.78 is 16.1. The van der Waals surface area contributed by atoms with Crippen LogP contribution >= 0.6 is 0 Å². The highest BCUT2D eigenvalue weighted by Gasteiger charge is 2.43. The van der Waals surface area contributed by atoms with Gasteiger partial charge in [0.2, 0.25) is 0 Å². The number of hydrogen-bond acceptors (Lipinski definition) is 6. The van der Waals surface area contributed by atoms with Crippen molar-refractivity contribution >= 4 is 12.3 Å².